The van der Waals surface area contributed by atoms with Crippen LogP contribution >= 0.6 is 0 Å². The Morgan fingerprint density at radius 1 is 1.50 bits per heavy atom. The molecule has 0 atom stereocenters. The van der Waals surface area contributed by atoms with Crippen LogP contribution in [0.1, 0.15) is 12.8 Å². The van der Waals surface area contributed by atoms with E-state index in [0.717, 1.165) is 18.5 Å². The fourth-order valence-electron chi connectivity index (χ4n) is 1.38. The van der Waals surface area contributed by atoms with Crippen molar-refractivity contribution in [1.29, 1.82) is 0 Å². The van der Waals surface area contributed by atoms with Crippen molar-refractivity contribution in [3.8, 4) is 0 Å². The van der Waals surface area contributed by atoms with E-state index in [1.165, 1.54) is 0 Å². The van der Waals surface area contributed by atoms with E-state index in [-0.39, 0.29) is 11.4 Å². The molecule has 0 bridgehead atoms. The summed E-state index contributed by atoms with van der Waals surface area (Å²) in [5, 5.41) is 0. The molecule has 1 aliphatic rings. The second-order valence-electron chi connectivity index (χ2n) is 3.93. The Morgan fingerprint density at radius 2 is 2.19 bits per heavy atom. The second-order valence-corrected chi connectivity index (χ2v) is 5.61. The summed E-state index contributed by atoms with van der Waals surface area (Å²) in [4.78, 5) is 3.33. The first kappa shape index (κ1) is 11.4. The molecule has 1 aromatic rings. The molecule has 88 valence electrons. The molecular weight excluding hydrogens is 233 g/mol. The molecule has 0 amide bonds. The molecule has 1 heterocycles. The molecule has 7 heteroatoms. The number of nitrogens with two attached hydrogens (primary N) is 1. The standard InChI is InChI=1S/C9H12FN3O2S/c10-7-3-8(5-12-4-7)16(14,15)13-9(6-11)1-2-9/h3-5,13H,1-2,6,11H2. The lowest BCUT2D eigenvalue weighted by Gasteiger charge is -2.14. The SMILES string of the molecule is NCC1(NS(=O)(=O)c2cncc(F)c2)CC1. The highest BCUT2D eigenvalue weighted by Crippen LogP contribution is 2.35. The van der Waals surface area contributed by atoms with Crippen LogP contribution in [-0.2, 0) is 10.0 Å². The monoisotopic (exact) mass is 245 g/mol. The van der Waals surface area contributed by atoms with Crippen molar-refractivity contribution in [1.82, 2.24) is 9.71 Å². The van der Waals surface area contributed by atoms with Gasteiger partial charge in [-0.1, -0.05) is 0 Å². The summed E-state index contributed by atoms with van der Waals surface area (Å²) in [5.41, 5.74) is 4.93. The fraction of sp³-hybridized carbons (Fsp3) is 0.444. The number of hydrogen-bond acceptors (Lipinski definition) is 4. The lowest BCUT2D eigenvalue weighted by molar-refractivity contribution is 0.542. The number of nitrogens with zero attached hydrogens (tertiary/aromatic N) is 1. The predicted octanol–water partition coefficient (Wildman–Crippen LogP) is -0.00970. The third-order valence-electron chi connectivity index (χ3n) is 2.59. The van der Waals surface area contributed by atoms with E-state index in [1.807, 2.05) is 0 Å². The predicted molar refractivity (Wildman–Crippen MR) is 55.5 cm³/mol. The van der Waals surface area contributed by atoms with Gasteiger partial charge in [0.15, 0.2) is 0 Å². The summed E-state index contributed by atoms with van der Waals surface area (Å²) >= 11 is 0. The largest absolute Gasteiger partial charge is 0.329 e. The van der Waals surface area contributed by atoms with Gasteiger partial charge in [0.2, 0.25) is 10.0 Å². The van der Waals surface area contributed by atoms with Gasteiger partial charge in [-0.3, -0.25) is 4.98 Å². The highest BCUT2D eigenvalue weighted by molar-refractivity contribution is 7.89. The van der Waals surface area contributed by atoms with Gasteiger partial charge in [0.1, 0.15) is 10.7 Å². The number of nitrogens with one attached hydrogen (secondary N) is 1. The lowest BCUT2D eigenvalue weighted by atomic mass is 10.3. The van der Waals surface area contributed by atoms with Crippen molar-refractivity contribution in [2.75, 3.05) is 6.54 Å². The van der Waals surface area contributed by atoms with Gasteiger partial charge in [-0.25, -0.2) is 17.5 Å². The van der Waals surface area contributed by atoms with Gasteiger partial charge in [0, 0.05) is 18.3 Å². The summed E-state index contributed by atoms with van der Waals surface area (Å²) in [6.45, 7) is 0.245. The third-order valence-corrected chi connectivity index (χ3v) is 4.13. The van der Waals surface area contributed by atoms with Crippen molar-refractivity contribution in [3.05, 3.63) is 24.3 Å². The molecule has 5 nitrogen and oxygen atoms in total. The van der Waals surface area contributed by atoms with Gasteiger partial charge in [-0.05, 0) is 18.9 Å². The topological polar surface area (TPSA) is 85.1 Å². The molecule has 0 aliphatic heterocycles. The molecule has 0 unspecified atom stereocenters. The molecule has 0 spiro atoms. The summed E-state index contributed by atoms with van der Waals surface area (Å²) < 4.78 is 39.0. The molecule has 1 aromatic heterocycles. The maximum atomic E-state index is 12.8. The van der Waals surface area contributed by atoms with E-state index in [1.54, 1.807) is 0 Å². The smallest absolute Gasteiger partial charge is 0.242 e. The molecular formula is C9H12FN3O2S. The number of pyridine rings is 1. The molecule has 16 heavy (non-hydrogen) atoms. The number of aromatic nitrogens is 1. The van der Waals surface area contributed by atoms with Crippen molar-refractivity contribution < 1.29 is 12.8 Å². The van der Waals surface area contributed by atoms with Crippen LogP contribution in [0.5, 0.6) is 0 Å². The Balaban J connectivity index is 2.26. The van der Waals surface area contributed by atoms with Crippen molar-refractivity contribution in [2.24, 2.45) is 5.73 Å². The summed E-state index contributed by atoms with van der Waals surface area (Å²) in [7, 11) is -3.72. The quantitative estimate of drug-likeness (QED) is 0.781. The van der Waals surface area contributed by atoms with E-state index in [4.69, 9.17) is 5.73 Å². The minimum Gasteiger partial charge on any atom is -0.329 e. The lowest BCUT2D eigenvalue weighted by Crippen LogP contribution is -2.42. The first-order valence-corrected chi connectivity index (χ1v) is 6.30. The number of hydrogen-bond donors (Lipinski definition) is 2. The Kier molecular flexibility index (Phi) is 2.69. The maximum Gasteiger partial charge on any atom is 0.242 e. The van der Waals surface area contributed by atoms with Gasteiger partial charge < -0.3 is 5.73 Å². The van der Waals surface area contributed by atoms with Crippen LogP contribution in [0.15, 0.2) is 23.4 Å². The van der Waals surface area contributed by atoms with E-state index >= 15 is 0 Å². The summed E-state index contributed by atoms with van der Waals surface area (Å²) in [5.74, 6) is -0.680. The zero-order chi connectivity index (χ0) is 11.8. The van der Waals surface area contributed by atoms with Crippen molar-refractivity contribution >= 4 is 10.0 Å². The minimum absolute atomic E-state index is 0.174. The van der Waals surface area contributed by atoms with E-state index in [0.29, 0.717) is 12.8 Å². The van der Waals surface area contributed by atoms with Crippen molar-refractivity contribution in [3.63, 3.8) is 0 Å². The summed E-state index contributed by atoms with van der Waals surface area (Å²) in [6, 6.07) is 0.932. The average molecular weight is 245 g/mol. The molecule has 0 aromatic carbocycles. The van der Waals surface area contributed by atoms with Crippen LogP contribution in [-0.4, -0.2) is 25.5 Å². The molecule has 0 radical (unpaired) electrons. The highest BCUT2D eigenvalue weighted by Gasteiger charge is 2.44. The Labute approximate surface area is 92.9 Å². The van der Waals surface area contributed by atoms with Crippen LogP contribution in [0.4, 0.5) is 4.39 Å². The Bertz CT molecular complexity index is 499. The summed E-state index contributed by atoms with van der Waals surface area (Å²) in [6.07, 6.45) is 3.49. The number of rotatable bonds is 4. The minimum atomic E-state index is -3.72. The van der Waals surface area contributed by atoms with Gasteiger partial charge in [-0.2, -0.15) is 0 Å². The molecule has 0 saturated heterocycles. The zero-order valence-corrected chi connectivity index (χ0v) is 9.30. The molecule has 1 fully saturated rings. The normalized spacial score (nSPS) is 18.4. The molecule has 1 aliphatic carbocycles. The molecule has 1 saturated carbocycles. The zero-order valence-electron chi connectivity index (χ0n) is 8.48. The van der Waals surface area contributed by atoms with Gasteiger partial charge >= 0.3 is 0 Å². The van der Waals surface area contributed by atoms with Gasteiger partial charge in [0.25, 0.3) is 0 Å². The number of halogens is 1. The van der Waals surface area contributed by atoms with E-state index < -0.39 is 21.4 Å². The van der Waals surface area contributed by atoms with E-state index in [2.05, 4.69) is 9.71 Å². The van der Waals surface area contributed by atoms with Crippen molar-refractivity contribution in [2.45, 2.75) is 23.3 Å². The van der Waals surface area contributed by atoms with Gasteiger partial charge in [0.05, 0.1) is 6.20 Å². The third kappa shape index (κ3) is 2.21. The average Bonchev–Trinajstić information content (AvgIpc) is 2.98. The van der Waals surface area contributed by atoms with Gasteiger partial charge in [-0.15, -0.1) is 0 Å². The maximum absolute atomic E-state index is 12.8. The number of sulfonamides is 1. The van der Waals surface area contributed by atoms with Crippen LogP contribution in [0, 0.1) is 5.82 Å². The van der Waals surface area contributed by atoms with Crippen LogP contribution in [0.2, 0.25) is 0 Å². The second kappa shape index (κ2) is 3.76. The molecule has 2 rings (SSSR count). The first-order chi connectivity index (χ1) is 7.47. The van der Waals surface area contributed by atoms with E-state index in [9.17, 15) is 12.8 Å². The highest BCUT2D eigenvalue weighted by atomic mass is 32.2. The first-order valence-electron chi connectivity index (χ1n) is 4.82. The molecule has 3 N–H and O–H groups in total. The fourth-order valence-corrected chi connectivity index (χ4v) is 2.82. The Hall–Kier alpha value is -1.05. The Morgan fingerprint density at radius 3 is 2.69 bits per heavy atom. The van der Waals surface area contributed by atoms with Crippen LogP contribution in [0.3, 0.4) is 0 Å². The van der Waals surface area contributed by atoms with Crippen LogP contribution < -0.4 is 10.5 Å². The van der Waals surface area contributed by atoms with Crippen LogP contribution in [0.25, 0.3) is 0 Å².